The van der Waals surface area contributed by atoms with Gasteiger partial charge in [0, 0.05) is 17.0 Å². The van der Waals surface area contributed by atoms with Gasteiger partial charge in [0.15, 0.2) is 0 Å². The predicted molar refractivity (Wildman–Crippen MR) is 148 cm³/mol. The molecule has 3 aromatic rings. The van der Waals surface area contributed by atoms with Gasteiger partial charge in [-0.2, -0.15) is 0 Å². The predicted octanol–water partition coefficient (Wildman–Crippen LogP) is 7.45. The third-order valence-electron chi connectivity index (χ3n) is 9.79. The second-order valence-corrected chi connectivity index (χ2v) is 12.3. The number of ether oxygens (including phenoxy) is 2. The molecular formula is C33H36FNO4. The summed E-state index contributed by atoms with van der Waals surface area (Å²) < 4.78 is 26.6. The second-order valence-electron chi connectivity index (χ2n) is 12.3. The minimum absolute atomic E-state index is 0.111. The number of carbonyl (C=O) groups is 1. The zero-order valence-corrected chi connectivity index (χ0v) is 22.9. The molecule has 1 heterocycles. The molecule has 2 saturated carbocycles. The van der Waals surface area contributed by atoms with Crippen molar-refractivity contribution < 1.29 is 23.8 Å². The van der Waals surface area contributed by atoms with Crippen LogP contribution in [0.1, 0.15) is 80.5 Å². The van der Waals surface area contributed by atoms with Gasteiger partial charge in [0.1, 0.15) is 18.2 Å². The van der Waals surface area contributed by atoms with E-state index in [0.717, 1.165) is 72.9 Å². The van der Waals surface area contributed by atoms with Gasteiger partial charge in [-0.05, 0) is 89.8 Å². The van der Waals surface area contributed by atoms with Crippen molar-refractivity contribution in [2.45, 2.75) is 76.7 Å². The Morgan fingerprint density at radius 2 is 1.92 bits per heavy atom. The van der Waals surface area contributed by atoms with Crippen LogP contribution in [-0.4, -0.2) is 23.2 Å². The van der Waals surface area contributed by atoms with E-state index in [1.54, 1.807) is 13.2 Å². The lowest BCUT2D eigenvalue weighted by molar-refractivity contribution is -0.149. The van der Waals surface area contributed by atoms with E-state index in [9.17, 15) is 9.90 Å². The summed E-state index contributed by atoms with van der Waals surface area (Å²) in [5.74, 6) is 0.110. The van der Waals surface area contributed by atoms with Gasteiger partial charge < -0.3 is 14.6 Å². The monoisotopic (exact) mass is 529 g/mol. The van der Waals surface area contributed by atoms with E-state index in [-0.39, 0.29) is 22.6 Å². The molecule has 5 nitrogen and oxygen atoms in total. The fraction of sp³-hybridized carbons (Fsp3) is 0.455. The number of methoxy groups -OCH3 is 1. The molecule has 1 N–H and O–H groups in total. The first-order valence-corrected chi connectivity index (χ1v) is 14.0. The molecule has 0 aliphatic heterocycles. The number of hydrogen-bond acceptors (Lipinski definition) is 4. The number of fused-ring (bicyclic) bond motifs is 2. The largest absolute Gasteiger partial charge is 0.489 e. The molecule has 0 unspecified atom stereocenters. The Balaban J connectivity index is 1.31. The summed E-state index contributed by atoms with van der Waals surface area (Å²) in [6.07, 6.45) is 8.08. The average Bonchev–Trinajstić information content (AvgIpc) is 3.47. The van der Waals surface area contributed by atoms with Crippen LogP contribution in [0, 0.1) is 17.2 Å². The van der Waals surface area contributed by atoms with E-state index in [1.807, 2.05) is 18.2 Å². The molecule has 2 aromatic carbocycles. The molecule has 1 aromatic heterocycles. The second kappa shape index (κ2) is 9.65. The lowest BCUT2D eigenvalue weighted by Gasteiger charge is -2.45. The van der Waals surface area contributed by atoms with E-state index in [0.29, 0.717) is 24.0 Å². The highest BCUT2D eigenvalue weighted by Crippen LogP contribution is 2.57. The Kier molecular flexibility index (Phi) is 6.40. The van der Waals surface area contributed by atoms with Crippen LogP contribution in [0.3, 0.4) is 0 Å². The average molecular weight is 530 g/mol. The number of rotatable bonds is 7. The van der Waals surface area contributed by atoms with E-state index in [4.69, 9.17) is 9.47 Å². The molecule has 6 heteroatoms. The standard InChI is InChI=1S/C33H36FNO4/c1-32(2)12-4-5-26(32)24-15-20(6-9-23(24)25-17-30(38-3)35-18-29(25)34)19-39-22-8-7-21-10-13-33(28(21)16-22)14-11-27(33)31(36)37/h6-9,15-18,26-27H,4-5,10-14,19H2,1-3H3,(H,36,37)/t26-,27-,33+/m0/s1. The van der Waals surface area contributed by atoms with Crippen LogP contribution >= 0.6 is 0 Å². The van der Waals surface area contributed by atoms with Crippen molar-refractivity contribution in [3.63, 3.8) is 0 Å². The first-order chi connectivity index (χ1) is 18.7. The van der Waals surface area contributed by atoms with Gasteiger partial charge in [-0.3, -0.25) is 4.79 Å². The van der Waals surface area contributed by atoms with Crippen LogP contribution in [-0.2, 0) is 23.2 Å². The van der Waals surface area contributed by atoms with Crippen LogP contribution in [0.4, 0.5) is 4.39 Å². The molecule has 6 rings (SSSR count). The van der Waals surface area contributed by atoms with Crippen molar-refractivity contribution in [2.75, 3.05) is 7.11 Å². The quantitative estimate of drug-likeness (QED) is 0.344. The summed E-state index contributed by atoms with van der Waals surface area (Å²) in [6.45, 7) is 4.98. The molecule has 39 heavy (non-hydrogen) atoms. The fourth-order valence-electron chi connectivity index (χ4n) is 7.48. The number of aliphatic carboxylic acids is 1. The van der Waals surface area contributed by atoms with Gasteiger partial charge in [-0.25, -0.2) is 9.37 Å². The molecule has 3 aliphatic rings. The maximum absolute atomic E-state index is 15.0. The van der Waals surface area contributed by atoms with Gasteiger partial charge in [-0.15, -0.1) is 0 Å². The van der Waals surface area contributed by atoms with E-state index in [1.165, 1.54) is 11.8 Å². The number of carboxylic acid groups (broad SMARTS) is 1. The smallest absolute Gasteiger partial charge is 0.307 e. The summed E-state index contributed by atoms with van der Waals surface area (Å²) in [5.41, 5.74) is 5.82. The summed E-state index contributed by atoms with van der Waals surface area (Å²) in [4.78, 5) is 15.9. The van der Waals surface area contributed by atoms with Gasteiger partial charge in [0.2, 0.25) is 5.88 Å². The van der Waals surface area contributed by atoms with Gasteiger partial charge in [-0.1, -0.05) is 44.5 Å². The lowest BCUT2D eigenvalue weighted by Crippen LogP contribution is -2.46. The lowest BCUT2D eigenvalue weighted by atomic mass is 9.57. The molecule has 2 fully saturated rings. The zero-order valence-electron chi connectivity index (χ0n) is 22.9. The maximum Gasteiger partial charge on any atom is 0.307 e. The van der Waals surface area contributed by atoms with Crippen LogP contribution < -0.4 is 9.47 Å². The van der Waals surface area contributed by atoms with Gasteiger partial charge in [0.25, 0.3) is 0 Å². The van der Waals surface area contributed by atoms with Gasteiger partial charge in [0.05, 0.1) is 19.2 Å². The highest BCUT2D eigenvalue weighted by atomic mass is 19.1. The number of aryl methyl sites for hydroxylation is 1. The van der Waals surface area contributed by atoms with Crippen LogP contribution in [0.5, 0.6) is 11.6 Å². The van der Waals surface area contributed by atoms with E-state index >= 15 is 4.39 Å². The van der Waals surface area contributed by atoms with Gasteiger partial charge >= 0.3 is 5.97 Å². The number of carboxylic acids is 1. The first kappa shape index (κ1) is 25.8. The van der Waals surface area contributed by atoms with Crippen molar-refractivity contribution in [1.82, 2.24) is 4.98 Å². The number of aromatic nitrogens is 1. The fourth-order valence-corrected chi connectivity index (χ4v) is 7.48. The highest BCUT2D eigenvalue weighted by molar-refractivity contribution is 5.75. The van der Waals surface area contributed by atoms with Crippen molar-refractivity contribution >= 4 is 5.97 Å². The normalized spacial score (nSPS) is 24.8. The molecule has 0 amide bonds. The topological polar surface area (TPSA) is 68.7 Å². The highest BCUT2D eigenvalue weighted by Gasteiger charge is 2.54. The van der Waals surface area contributed by atoms with Crippen LogP contribution in [0.2, 0.25) is 0 Å². The van der Waals surface area contributed by atoms with Crippen molar-refractivity contribution in [1.29, 1.82) is 0 Å². The first-order valence-electron chi connectivity index (χ1n) is 14.0. The molecule has 0 bridgehead atoms. The minimum Gasteiger partial charge on any atom is -0.489 e. The number of nitrogens with zero attached hydrogens (tertiary/aromatic N) is 1. The molecule has 3 aliphatic carbocycles. The van der Waals surface area contributed by atoms with Crippen molar-refractivity contribution in [2.24, 2.45) is 11.3 Å². The number of hydrogen-bond donors (Lipinski definition) is 1. The summed E-state index contributed by atoms with van der Waals surface area (Å²) >= 11 is 0. The molecule has 3 atom stereocenters. The zero-order chi connectivity index (χ0) is 27.4. The van der Waals surface area contributed by atoms with Crippen LogP contribution in [0.25, 0.3) is 11.1 Å². The third kappa shape index (κ3) is 4.38. The Labute approximate surface area is 229 Å². The number of pyridine rings is 1. The Hall–Kier alpha value is -3.41. The SMILES string of the molecule is COc1cc(-c2ccc(COc3ccc4c(c3)[C@]3(CC4)CC[C@H]3C(=O)O)cc2[C@@H]2CCCC2(C)C)c(F)cn1. The minimum atomic E-state index is -0.689. The molecule has 0 radical (unpaired) electrons. The van der Waals surface area contributed by atoms with Crippen molar-refractivity contribution in [3.05, 3.63) is 76.7 Å². The Morgan fingerprint density at radius 1 is 1.08 bits per heavy atom. The van der Waals surface area contributed by atoms with Crippen molar-refractivity contribution in [3.8, 4) is 22.8 Å². The third-order valence-corrected chi connectivity index (χ3v) is 9.79. The summed E-state index contributed by atoms with van der Waals surface area (Å²) in [7, 11) is 1.54. The molecular weight excluding hydrogens is 493 g/mol. The maximum atomic E-state index is 15.0. The molecule has 0 saturated heterocycles. The number of benzene rings is 2. The van der Waals surface area contributed by atoms with E-state index < -0.39 is 5.97 Å². The molecule has 204 valence electrons. The van der Waals surface area contributed by atoms with E-state index in [2.05, 4.69) is 37.0 Å². The Bertz CT molecular complexity index is 1430. The summed E-state index contributed by atoms with van der Waals surface area (Å²) in [6, 6.07) is 14.0. The number of halogens is 1. The summed E-state index contributed by atoms with van der Waals surface area (Å²) in [5, 5.41) is 9.74. The van der Waals surface area contributed by atoms with Crippen LogP contribution in [0.15, 0.2) is 48.7 Å². The molecule has 1 spiro atoms. The Morgan fingerprint density at radius 3 is 2.62 bits per heavy atom.